The van der Waals surface area contributed by atoms with Gasteiger partial charge in [0.05, 0.1) is 0 Å². The van der Waals surface area contributed by atoms with Crippen LogP contribution in [-0.4, -0.2) is 24.5 Å². The maximum Gasteiger partial charge on any atom is 0.123 e. The Kier molecular flexibility index (Phi) is 2.52. The molecule has 0 spiro atoms. The van der Waals surface area contributed by atoms with Crippen LogP contribution in [0.1, 0.15) is 18.4 Å². The van der Waals surface area contributed by atoms with E-state index in [-0.39, 0.29) is 5.82 Å². The number of piperidine rings is 3. The SMILES string of the molecule is Fc1cccc(/C=C2\CN3CCC2CC3)c1. The Morgan fingerprint density at radius 3 is 2.69 bits per heavy atom. The highest BCUT2D eigenvalue weighted by molar-refractivity contribution is 5.54. The largest absolute Gasteiger partial charge is 0.299 e. The smallest absolute Gasteiger partial charge is 0.123 e. The fourth-order valence-corrected chi connectivity index (χ4v) is 2.82. The molecule has 0 radical (unpaired) electrons. The minimum atomic E-state index is -0.143. The van der Waals surface area contributed by atoms with Crippen LogP contribution in [-0.2, 0) is 0 Å². The number of hydrogen-bond donors (Lipinski definition) is 0. The molecule has 0 N–H and O–H groups in total. The lowest BCUT2D eigenvalue weighted by molar-refractivity contribution is 0.163. The van der Waals surface area contributed by atoms with Crippen molar-refractivity contribution >= 4 is 6.08 Å². The molecule has 1 nitrogen and oxygen atoms in total. The van der Waals surface area contributed by atoms with Gasteiger partial charge in [0.1, 0.15) is 5.82 Å². The van der Waals surface area contributed by atoms with Crippen molar-refractivity contribution in [3.05, 3.63) is 41.2 Å². The zero-order valence-corrected chi connectivity index (χ0v) is 9.32. The highest BCUT2D eigenvalue weighted by Gasteiger charge is 2.29. The van der Waals surface area contributed by atoms with E-state index in [4.69, 9.17) is 0 Å². The summed E-state index contributed by atoms with van der Waals surface area (Å²) in [7, 11) is 0. The summed E-state index contributed by atoms with van der Waals surface area (Å²) < 4.78 is 13.1. The molecule has 1 aromatic rings. The van der Waals surface area contributed by atoms with Crippen molar-refractivity contribution in [1.29, 1.82) is 0 Å². The van der Waals surface area contributed by atoms with Crippen molar-refractivity contribution in [2.75, 3.05) is 19.6 Å². The summed E-state index contributed by atoms with van der Waals surface area (Å²) in [6.07, 6.45) is 4.74. The molecule has 3 fully saturated rings. The molecule has 3 saturated heterocycles. The van der Waals surface area contributed by atoms with Gasteiger partial charge in [0.2, 0.25) is 0 Å². The number of benzene rings is 1. The molecular weight excluding hydrogens is 201 g/mol. The monoisotopic (exact) mass is 217 g/mol. The number of hydrogen-bond acceptors (Lipinski definition) is 1. The molecule has 4 rings (SSSR count). The van der Waals surface area contributed by atoms with Crippen molar-refractivity contribution in [2.24, 2.45) is 5.92 Å². The molecule has 2 bridgehead atoms. The number of halogens is 1. The minimum Gasteiger partial charge on any atom is -0.299 e. The molecule has 0 amide bonds. The second kappa shape index (κ2) is 4.02. The van der Waals surface area contributed by atoms with Crippen LogP contribution < -0.4 is 0 Å². The predicted molar refractivity (Wildman–Crippen MR) is 63.5 cm³/mol. The lowest BCUT2D eigenvalue weighted by atomic mass is 9.83. The minimum absolute atomic E-state index is 0.143. The van der Waals surface area contributed by atoms with E-state index in [1.807, 2.05) is 6.07 Å². The Balaban J connectivity index is 1.87. The van der Waals surface area contributed by atoms with E-state index in [9.17, 15) is 4.39 Å². The van der Waals surface area contributed by atoms with Gasteiger partial charge in [0.15, 0.2) is 0 Å². The van der Waals surface area contributed by atoms with Crippen LogP contribution in [0, 0.1) is 11.7 Å². The summed E-state index contributed by atoms with van der Waals surface area (Å²) in [5.41, 5.74) is 2.49. The first kappa shape index (κ1) is 10.0. The summed E-state index contributed by atoms with van der Waals surface area (Å²) in [5.74, 6) is 0.601. The van der Waals surface area contributed by atoms with Gasteiger partial charge in [0, 0.05) is 6.54 Å². The molecule has 3 aliphatic heterocycles. The molecule has 1 aromatic carbocycles. The topological polar surface area (TPSA) is 3.24 Å². The zero-order chi connectivity index (χ0) is 11.0. The first-order valence-electron chi connectivity index (χ1n) is 6.00. The standard InChI is InChI=1S/C14H16FN/c15-14-3-1-2-11(9-14)8-13-10-16-6-4-12(13)5-7-16/h1-3,8-9,12H,4-7,10H2/b13-8+. The van der Waals surface area contributed by atoms with E-state index in [0.29, 0.717) is 0 Å². The van der Waals surface area contributed by atoms with Crippen LogP contribution in [0.15, 0.2) is 29.8 Å². The van der Waals surface area contributed by atoms with Gasteiger partial charge >= 0.3 is 0 Å². The van der Waals surface area contributed by atoms with Crippen molar-refractivity contribution in [3.63, 3.8) is 0 Å². The van der Waals surface area contributed by atoms with Gasteiger partial charge in [-0.25, -0.2) is 4.39 Å². The maximum atomic E-state index is 13.1. The Hall–Kier alpha value is -1.15. The molecule has 84 valence electrons. The molecule has 0 unspecified atom stereocenters. The molecule has 16 heavy (non-hydrogen) atoms. The fourth-order valence-electron chi connectivity index (χ4n) is 2.82. The lowest BCUT2D eigenvalue weighted by Crippen LogP contribution is -2.42. The average molecular weight is 217 g/mol. The second-order valence-electron chi connectivity index (χ2n) is 4.82. The van der Waals surface area contributed by atoms with Crippen LogP contribution in [0.5, 0.6) is 0 Å². The van der Waals surface area contributed by atoms with E-state index in [1.54, 1.807) is 12.1 Å². The molecule has 0 aromatic heterocycles. The Morgan fingerprint density at radius 2 is 2.06 bits per heavy atom. The van der Waals surface area contributed by atoms with Gasteiger partial charge in [-0.3, -0.25) is 4.90 Å². The van der Waals surface area contributed by atoms with Crippen molar-refractivity contribution in [3.8, 4) is 0 Å². The number of fused-ring (bicyclic) bond motifs is 3. The van der Waals surface area contributed by atoms with Gasteiger partial charge < -0.3 is 0 Å². The normalized spacial score (nSPS) is 30.9. The van der Waals surface area contributed by atoms with Gasteiger partial charge in [-0.05, 0) is 49.5 Å². The third-order valence-corrected chi connectivity index (χ3v) is 3.72. The van der Waals surface area contributed by atoms with E-state index in [1.165, 1.54) is 37.6 Å². The Bertz CT molecular complexity index is 416. The highest BCUT2D eigenvalue weighted by atomic mass is 19.1. The molecule has 0 atom stereocenters. The molecule has 2 heteroatoms. The van der Waals surface area contributed by atoms with Crippen LogP contribution in [0.3, 0.4) is 0 Å². The molecule has 3 heterocycles. The van der Waals surface area contributed by atoms with Crippen molar-refractivity contribution in [1.82, 2.24) is 4.90 Å². The van der Waals surface area contributed by atoms with Crippen LogP contribution in [0.25, 0.3) is 6.08 Å². The van der Waals surface area contributed by atoms with E-state index in [2.05, 4.69) is 11.0 Å². The zero-order valence-electron chi connectivity index (χ0n) is 9.32. The van der Waals surface area contributed by atoms with E-state index < -0.39 is 0 Å². The fraction of sp³-hybridized carbons (Fsp3) is 0.429. The molecule has 3 aliphatic rings. The molecule has 0 saturated carbocycles. The van der Waals surface area contributed by atoms with Gasteiger partial charge in [-0.2, -0.15) is 0 Å². The molecular formula is C14H16FN. The average Bonchev–Trinajstić information content (AvgIpc) is 2.30. The van der Waals surface area contributed by atoms with E-state index in [0.717, 1.165) is 18.0 Å². The first-order valence-corrected chi connectivity index (χ1v) is 6.00. The predicted octanol–water partition coefficient (Wildman–Crippen LogP) is 2.93. The van der Waals surface area contributed by atoms with Crippen molar-refractivity contribution in [2.45, 2.75) is 12.8 Å². The quantitative estimate of drug-likeness (QED) is 0.699. The molecule has 0 aliphatic carbocycles. The maximum absolute atomic E-state index is 13.1. The summed E-state index contributed by atoms with van der Waals surface area (Å²) in [6.45, 7) is 3.57. The highest BCUT2D eigenvalue weighted by Crippen LogP contribution is 2.32. The first-order chi connectivity index (χ1) is 7.81. The van der Waals surface area contributed by atoms with Crippen LogP contribution in [0.2, 0.25) is 0 Å². The summed E-state index contributed by atoms with van der Waals surface area (Å²) >= 11 is 0. The van der Waals surface area contributed by atoms with E-state index >= 15 is 0 Å². The van der Waals surface area contributed by atoms with Crippen LogP contribution in [0.4, 0.5) is 4.39 Å². The third-order valence-electron chi connectivity index (χ3n) is 3.72. The van der Waals surface area contributed by atoms with Crippen molar-refractivity contribution < 1.29 is 4.39 Å². The van der Waals surface area contributed by atoms with Gasteiger partial charge in [-0.15, -0.1) is 0 Å². The van der Waals surface area contributed by atoms with Gasteiger partial charge in [0.25, 0.3) is 0 Å². The Morgan fingerprint density at radius 1 is 1.25 bits per heavy atom. The third kappa shape index (κ3) is 1.90. The summed E-state index contributed by atoms with van der Waals surface area (Å²) in [4.78, 5) is 2.49. The van der Waals surface area contributed by atoms with Crippen LogP contribution >= 0.6 is 0 Å². The Labute approximate surface area is 95.6 Å². The lowest BCUT2D eigenvalue weighted by Gasteiger charge is -2.41. The summed E-state index contributed by atoms with van der Waals surface area (Å²) in [6, 6.07) is 6.87. The number of rotatable bonds is 1. The number of nitrogens with zero attached hydrogens (tertiary/aromatic N) is 1. The summed E-state index contributed by atoms with van der Waals surface area (Å²) in [5, 5.41) is 0. The van der Waals surface area contributed by atoms with Gasteiger partial charge in [-0.1, -0.05) is 23.8 Å². The second-order valence-corrected chi connectivity index (χ2v) is 4.82.